The first-order chi connectivity index (χ1) is 15.6. The van der Waals surface area contributed by atoms with Crippen LogP contribution < -0.4 is 5.14 Å². The lowest BCUT2D eigenvalue weighted by Gasteiger charge is -2.32. The van der Waals surface area contributed by atoms with Crippen LogP contribution in [-0.2, 0) is 25.9 Å². The molecule has 1 fully saturated rings. The number of amides is 1. The van der Waals surface area contributed by atoms with E-state index < -0.39 is 32.9 Å². The summed E-state index contributed by atoms with van der Waals surface area (Å²) in [6.07, 6.45) is 1.13. The summed E-state index contributed by atoms with van der Waals surface area (Å²) in [6.45, 7) is 0.986. The molecular formula is C20H19Cl2FN4O5S. The molecule has 4 rings (SSSR count). The molecule has 1 amide bonds. The van der Waals surface area contributed by atoms with Gasteiger partial charge in [0.15, 0.2) is 0 Å². The van der Waals surface area contributed by atoms with Gasteiger partial charge in [-0.15, -0.1) is 0 Å². The minimum atomic E-state index is -4.31. The minimum absolute atomic E-state index is 0.0445. The van der Waals surface area contributed by atoms with E-state index in [2.05, 4.69) is 4.98 Å². The van der Waals surface area contributed by atoms with Gasteiger partial charge in [0.25, 0.3) is 0 Å². The van der Waals surface area contributed by atoms with E-state index in [1.165, 1.54) is 12.0 Å². The molecule has 13 heteroatoms. The van der Waals surface area contributed by atoms with Crippen molar-refractivity contribution in [2.45, 2.75) is 17.4 Å². The molecule has 0 bridgehead atoms. The Labute approximate surface area is 198 Å². The number of sulfonamides is 1. The molecule has 33 heavy (non-hydrogen) atoms. The maximum Gasteiger partial charge on any atom is 0.409 e. The van der Waals surface area contributed by atoms with Gasteiger partial charge in [0.1, 0.15) is 16.4 Å². The number of aromatic nitrogens is 2. The smallest absolute Gasteiger partial charge is 0.409 e. The van der Waals surface area contributed by atoms with Crippen LogP contribution in [-0.4, -0.2) is 61.7 Å². The number of imidazole rings is 1. The molecule has 176 valence electrons. The number of carbonyl (C=O) groups excluding carboxylic acids is 1. The van der Waals surface area contributed by atoms with Crippen LogP contribution in [0.5, 0.6) is 0 Å². The number of fused-ring (bicyclic) bond motifs is 1. The van der Waals surface area contributed by atoms with E-state index in [0.29, 0.717) is 41.6 Å². The van der Waals surface area contributed by atoms with Gasteiger partial charge in [-0.2, -0.15) is 0 Å². The molecule has 3 aromatic rings. The molecule has 9 nitrogen and oxygen atoms in total. The first-order valence-electron chi connectivity index (χ1n) is 9.71. The molecule has 0 radical (unpaired) electrons. The third-order valence-corrected chi connectivity index (χ3v) is 6.74. The van der Waals surface area contributed by atoms with Crippen LogP contribution >= 0.6 is 23.2 Å². The topological polar surface area (TPSA) is 116 Å². The fourth-order valence-corrected chi connectivity index (χ4v) is 4.85. The number of hydrogen-bond donors (Lipinski definition) is 1. The van der Waals surface area contributed by atoms with Gasteiger partial charge in [-0.05, 0) is 18.2 Å². The number of hydrogen-bond acceptors (Lipinski definition) is 6. The third-order valence-electron chi connectivity index (χ3n) is 5.26. The van der Waals surface area contributed by atoms with Gasteiger partial charge < -0.3 is 18.8 Å². The molecule has 2 N–H and O–H groups in total. The third kappa shape index (κ3) is 4.78. The summed E-state index contributed by atoms with van der Waals surface area (Å²) in [5, 5.41) is 5.47. The van der Waals surface area contributed by atoms with Gasteiger partial charge >= 0.3 is 6.09 Å². The van der Waals surface area contributed by atoms with Crippen LogP contribution in [0.3, 0.4) is 0 Å². The molecule has 1 saturated heterocycles. The largest absolute Gasteiger partial charge is 0.453 e. The van der Waals surface area contributed by atoms with E-state index in [4.69, 9.17) is 37.8 Å². The number of pyridine rings is 1. The fourth-order valence-electron chi connectivity index (χ4n) is 3.76. The molecule has 1 aliphatic rings. The van der Waals surface area contributed by atoms with Crippen molar-refractivity contribution in [2.75, 3.05) is 26.8 Å². The monoisotopic (exact) mass is 516 g/mol. The van der Waals surface area contributed by atoms with Crippen LogP contribution in [0.1, 0.15) is 5.69 Å². The van der Waals surface area contributed by atoms with E-state index in [1.807, 2.05) is 0 Å². The second-order valence-electron chi connectivity index (χ2n) is 7.40. The Bertz CT molecular complexity index is 1350. The van der Waals surface area contributed by atoms with Crippen molar-refractivity contribution in [3.05, 3.63) is 52.0 Å². The van der Waals surface area contributed by atoms with E-state index in [0.717, 1.165) is 12.1 Å². The summed E-state index contributed by atoms with van der Waals surface area (Å²) in [6, 6.07) is 5.23. The Morgan fingerprint density at radius 2 is 2.12 bits per heavy atom. The summed E-state index contributed by atoms with van der Waals surface area (Å²) in [7, 11) is -3.00. The first kappa shape index (κ1) is 23.7. The lowest BCUT2D eigenvalue weighted by molar-refractivity contribution is -0.0241. The molecule has 0 saturated carbocycles. The van der Waals surface area contributed by atoms with Crippen LogP contribution in [0.15, 0.2) is 35.4 Å². The number of halogens is 3. The molecule has 0 aliphatic carbocycles. The lowest BCUT2D eigenvalue weighted by atomic mass is 10.0. The van der Waals surface area contributed by atoms with Gasteiger partial charge in [-0.25, -0.2) is 27.7 Å². The lowest BCUT2D eigenvalue weighted by Crippen LogP contribution is -2.46. The van der Waals surface area contributed by atoms with E-state index in [-0.39, 0.29) is 17.1 Å². The Morgan fingerprint density at radius 1 is 1.36 bits per heavy atom. The molecule has 0 unspecified atom stereocenters. The Hall–Kier alpha value is -2.44. The zero-order valence-corrected chi connectivity index (χ0v) is 19.6. The highest BCUT2D eigenvalue weighted by atomic mass is 35.5. The standard InChI is InChI=1S/C20H19Cl2FN4O5S/c1-31-20(28)26-4-5-32-12(10-26)7-16-19(25-18-6-11(21)2-3-27(16)18)13-8-15(23)17(9-14(13)22)33(24,29)30/h2-3,6,8-9,12H,4-5,7,10H2,1H3,(H2,24,29,30)/t12-/m0/s1. The summed E-state index contributed by atoms with van der Waals surface area (Å²) in [4.78, 5) is 17.3. The van der Waals surface area contributed by atoms with Crippen LogP contribution in [0.2, 0.25) is 10.0 Å². The number of nitrogens with two attached hydrogens (primary N) is 1. The minimum Gasteiger partial charge on any atom is -0.453 e. The van der Waals surface area contributed by atoms with E-state index >= 15 is 0 Å². The highest BCUT2D eigenvalue weighted by molar-refractivity contribution is 7.89. The van der Waals surface area contributed by atoms with Crippen molar-refractivity contribution in [1.82, 2.24) is 14.3 Å². The fraction of sp³-hybridized carbons (Fsp3) is 0.300. The number of morpholine rings is 1. The average Bonchev–Trinajstić information content (AvgIpc) is 3.10. The van der Waals surface area contributed by atoms with Gasteiger partial charge in [0, 0.05) is 35.8 Å². The van der Waals surface area contributed by atoms with Crippen LogP contribution in [0.4, 0.5) is 9.18 Å². The molecular weight excluding hydrogens is 498 g/mol. The number of benzene rings is 1. The highest BCUT2D eigenvalue weighted by Crippen LogP contribution is 2.35. The number of carbonyl (C=O) groups is 1. The Balaban J connectivity index is 1.81. The summed E-state index contributed by atoms with van der Waals surface area (Å²) < 4.78 is 50.4. The zero-order chi connectivity index (χ0) is 23.9. The molecule has 0 spiro atoms. The number of primary sulfonamides is 1. The number of nitrogens with zero attached hydrogens (tertiary/aromatic N) is 3. The Morgan fingerprint density at radius 3 is 2.82 bits per heavy atom. The van der Waals surface area contributed by atoms with E-state index in [9.17, 15) is 17.6 Å². The second-order valence-corrected chi connectivity index (χ2v) is 9.77. The SMILES string of the molecule is COC(=O)N1CCO[C@@H](Cc2c(-c3cc(F)c(S(N)(=O)=O)cc3Cl)nc3cc(Cl)ccn23)C1. The Kier molecular flexibility index (Phi) is 6.52. The molecule has 1 aromatic carbocycles. The maximum atomic E-state index is 14.6. The van der Waals surface area contributed by atoms with Crippen molar-refractivity contribution in [2.24, 2.45) is 5.14 Å². The van der Waals surface area contributed by atoms with Crippen molar-refractivity contribution < 1.29 is 27.1 Å². The summed E-state index contributed by atoms with van der Waals surface area (Å²) in [5.74, 6) is -1.05. The van der Waals surface area contributed by atoms with E-state index in [1.54, 1.807) is 22.7 Å². The number of methoxy groups -OCH3 is 1. The molecule has 3 heterocycles. The maximum absolute atomic E-state index is 14.6. The summed E-state index contributed by atoms with van der Waals surface area (Å²) >= 11 is 12.4. The average molecular weight is 517 g/mol. The number of ether oxygens (including phenoxy) is 2. The van der Waals surface area contributed by atoms with Gasteiger partial charge in [-0.3, -0.25) is 0 Å². The first-order valence-corrected chi connectivity index (χ1v) is 12.0. The van der Waals surface area contributed by atoms with Crippen molar-refractivity contribution in [1.29, 1.82) is 0 Å². The zero-order valence-electron chi connectivity index (χ0n) is 17.3. The number of rotatable bonds is 4. The van der Waals surface area contributed by atoms with Crippen molar-refractivity contribution in [3.63, 3.8) is 0 Å². The van der Waals surface area contributed by atoms with Gasteiger partial charge in [0.05, 0.1) is 42.8 Å². The highest BCUT2D eigenvalue weighted by Gasteiger charge is 2.28. The van der Waals surface area contributed by atoms with Crippen molar-refractivity contribution >= 4 is 45.0 Å². The van der Waals surface area contributed by atoms with Crippen LogP contribution in [0, 0.1) is 5.82 Å². The molecule has 2 aromatic heterocycles. The normalized spacial score (nSPS) is 16.9. The predicted octanol–water partition coefficient (Wildman–Crippen LogP) is 3.10. The summed E-state index contributed by atoms with van der Waals surface area (Å²) in [5.41, 5.74) is 1.58. The molecule has 1 atom stereocenters. The van der Waals surface area contributed by atoms with Gasteiger partial charge in [0.2, 0.25) is 10.0 Å². The molecule has 1 aliphatic heterocycles. The van der Waals surface area contributed by atoms with Crippen molar-refractivity contribution in [3.8, 4) is 11.3 Å². The van der Waals surface area contributed by atoms with Gasteiger partial charge in [-0.1, -0.05) is 23.2 Å². The van der Waals surface area contributed by atoms with Crippen LogP contribution in [0.25, 0.3) is 16.9 Å². The predicted molar refractivity (Wildman–Crippen MR) is 119 cm³/mol. The second kappa shape index (κ2) is 9.07. The quantitative estimate of drug-likeness (QED) is 0.569.